The molecule has 0 unspecified atom stereocenters. The summed E-state index contributed by atoms with van der Waals surface area (Å²) in [6.45, 7) is 0.159. The van der Waals surface area contributed by atoms with Crippen molar-refractivity contribution in [1.29, 1.82) is 0 Å². The first-order valence-electron chi connectivity index (χ1n) is 6.02. The smallest absolute Gasteiger partial charge is 0.254 e. The van der Waals surface area contributed by atoms with Crippen LogP contribution in [-0.2, 0) is 6.54 Å². The van der Waals surface area contributed by atoms with Crippen LogP contribution in [0.2, 0.25) is 0 Å². The molecule has 0 saturated heterocycles. The number of hydrogen-bond acceptors (Lipinski definition) is 4. The third-order valence-corrected chi connectivity index (χ3v) is 2.58. The van der Waals surface area contributed by atoms with Gasteiger partial charge in [0.2, 0.25) is 0 Å². The molecule has 1 aromatic carbocycles. The first-order valence-corrected chi connectivity index (χ1v) is 6.02. The number of carbonyl (C=O) groups excluding carboxylic acids is 1. The van der Waals surface area contributed by atoms with Gasteiger partial charge < -0.3 is 10.4 Å². The maximum atomic E-state index is 11.9. The van der Waals surface area contributed by atoms with Crippen LogP contribution >= 0.6 is 0 Å². The minimum absolute atomic E-state index is 0.192. The van der Waals surface area contributed by atoms with E-state index >= 15 is 0 Å². The second-order valence-corrected chi connectivity index (χ2v) is 3.93. The maximum absolute atomic E-state index is 11.9. The Balaban J connectivity index is 2.06. The molecule has 2 aromatic rings. The van der Waals surface area contributed by atoms with E-state index in [2.05, 4.69) is 27.1 Å². The second-order valence-electron chi connectivity index (χ2n) is 3.93. The highest BCUT2D eigenvalue weighted by Crippen LogP contribution is 2.07. The van der Waals surface area contributed by atoms with E-state index in [0.717, 1.165) is 11.1 Å². The van der Waals surface area contributed by atoms with Gasteiger partial charge in [-0.3, -0.25) is 4.79 Å². The molecule has 100 valence electrons. The Morgan fingerprint density at radius 3 is 2.75 bits per heavy atom. The molecule has 0 aliphatic carbocycles. The van der Waals surface area contributed by atoms with Crippen LogP contribution in [0.15, 0.2) is 43.0 Å². The van der Waals surface area contributed by atoms with E-state index in [9.17, 15) is 4.79 Å². The number of nitrogens with zero attached hydrogens (tertiary/aromatic N) is 2. The second kappa shape index (κ2) is 7.02. The van der Waals surface area contributed by atoms with Gasteiger partial charge in [-0.05, 0) is 11.6 Å². The molecule has 0 aliphatic rings. The fourth-order valence-corrected chi connectivity index (χ4v) is 1.63. The Morgan fingerprint density at radius 1 is 1.25 bits per heavy atom. The molecule has 1 heterocycles. The summed E-state index contributed by atoms with van der Waals surface area (Å²) in [5.41, 5.74) is 2.08. The van der Waals surface area contributed by atoms with Crippen LogP contribution in [0, 0.1) is 11.8 Å². The van der Waals surface area contributed by atoms with Gasteiger partial charge in [0, 0.05) is 24.5 Å². The van der Waals surface area contributed by atoms with Gasteiger partial charge in [-0.1, -0.05) is 30.0 Å². The van der Waals surface area contributed by atoms with Crippen LogP contribution in [0.25, 0.3) is 0 Å². The summed E-state index contributed by atoms with van der Waals surface area (Å²) in [7, 11) is 0. The first kappa shape index (κ1) is 13.7. The minimum Gasteiger partial charge on any atom is -0.384 e. The largest absolute Gasteiger partial charge is 0.384 e. The molecule has 0 bridgehead atoms. The summed E-state index contributed by atoms with van der Waals surface area (Å²) in [5.74, 6) is 5.21. The van der Waals surface area contributed by atoms with E-state index in [1.54, 1.807) is 0 Å². The van der Waals surface area contributed by atoms with Gasteiger partial charge in [0.05, 0.1) is 5.56 Å². The summed E-state index contributed by atoms with van der Waals surface area (Å²) in [6.07, 6.45) is 4.29. The average molecular weight is 267 g/mol. The number of hydrogen-bond donors (Lipinski definition) is 2. The van der Waals surface area contributed by atoms with Crippen molar-refractivity contribution >= 4 is 5.91 Å². The number of carbonyl (C=O) groups is 1. The lowest BCUT2D eigenvalue weighted by molar-refractivity contribution is 0.0950. The lowest BCUT2D eigenvalue weighted by atomic mass is 10.1. The van der Waals surface area contributed by atoms with Crippen LogP contribution < -0.4 is 5.32 Å². The molecule has 0 aliphatic heterocycles. The fraction of sp³-hybridized carbons (Fsp3) is 0.133. The van der Waals surface area contributed by atoms with Gasteiger partial charge in [-0.25, -0.2) is 9.97 Å². The molecule has 5 heteroatoms. The van der Waals surface area contributed by atoms with Crippen molar-refractivity contribution in [3.63, 3.8) is 0 Å². The standard InChI is InChI=1S/C15H13N3O2/c19-7-3-6-12-4-1-2-5-13(12)10-18-15(20)14-8-16-11-17-9-14/h1-2,4-5,8-9,11,19H,7,10H2,(H,18,20). The topological polar surface area (TPSA) is 75.1 Å². The number of benzene rings is 1. The molecule has 0 fully saturated rings. The predicted octanol–water partition coefficient (Wildman–Crippen LogP) is 0.750. The van der Waals surface area contributed by atoms with Crippen molar-refractivity contribution in [3.05, 3.63) is 59.7 Å². The van der Waals surface area contributed by atoms with Crippen molar-refractivity contribution in [2.45, 2.75) is 6.54 Å². The molecular formula is C15H13N3O2. The van der Waals surface area contributed by atoms with Crippen LogP contribution in [0.4, 0.5) is 0 Å². The van der Waals surface area contributed by atoms with Gasteiger partial charge in [0.1, 0.15) is 12.9 Å². The van der Waals surface area contributed by atoms with E-state index in [4.69, 9.17) is 5.11 Å². The minimum atomic E-state index is -0.240. The van der Waals surface area contributed by atoms with Crippen molar-refractivity contribution < 1.29 is 9.90 Å². The van der Waals surface area contributed by atoms with Gasteiger partial charge in [0.15, 0.2) is 0 Å². The molecule has 1 amide bonds. The Morgan fingerprint density at radius 2 is 2.00 bits per heavy atom. The zero-order valence-corrected chi connectivity index (χ0v) is 10.7. The third kappa shape index (κ3) is 3.64. The fourth-order valence-electron chi connectivity index (χ4n) is 1.63. The van der Waals surface area contributed by atoms with Crippen molar-refractivity contribution in [1.82, 2.24) is 15.3 Å². The molecule has 2 N–H and O–H groups in total. The molecular weight excluding hydrogens is 254 g/mol. The highest BCUT2D eigenvalue weighted by molar-refractivity contribution is 5.93. The average Bonchev–Trinajstić information content (AvgIpc) is 2.52. The van der Waals surface area contributed by atoms with Gasteiger partial charge >= 0.3 is 0 Å². The van der Waals surface area contributed by atoms with Crippen LogP contribution in [-0.4, -0.2) is 27.6 Å². The van der Waals surface area contributed by atoms with Crippen molar-refractivity contribution in [2.75, 3.05) is 6.61 Å². The summed E-state index contributed by atoms with van der Waals surface area (Å²) >= 11 is 0. The van der Waals surface area contributed by atoms with Crippen LogP contribution in [0.3, 0.4) is 0 Å². The highest BCUT2D eigenvalue weighted by Gasteiger charge is 2.06. The number of aliphatic hydroxyl groups excluding tert-OH is 1. The van der Waals surface area contributed by atoms with Crippen molar-refractivity contribution in [2.24, 2.45) is 0 Å². The molecule has 0 saturated carbocycles. The Kier molecular flexibility index (Phi) is 4.81. The Hall–Kier alpha value is -2.71. The summed E-state index contributed by atoms with van der Waals surface area (Å²) in [6, 6.07) is 7.45. The quantitative estimate of drug-likeness (QED) is 0.805. The SMILES string of the molecule is O=C(NCc1ccccc1C#CCO)c1cncnc1. The number of amides is 1. The van der Waals surface area contributed by atoms with Gasteiger partial charge in [-0.15, -0.1) is 0 Å². The summed E-state index contributed by atoms with van der Waals surface area (Å²) in [4.78, 5) is 19.5. The number of rotatable bonds is 3. The molecule has 0 atom stereocenters. The molecule has 0 spiro atoms. The molecule has 5 nitrogen and oxygen atoms in total. The van der Waals surface area contributed by atoms with Crippen LogP contribution in [0.5, 0.6) is 0 Å². The number of aliphatic hydroxyl groups is 1. The van der Waals surface area contributed by atoms with E-state index in [1.165, 1.54) is 18.7 Å². The maximum Gasteiger partial charge on any atom is 0.254 e. The number of nitrogens with one attached hydrogen (secondary N) is 1. The molecule has 2 rings (SSSR count). The Bertz CT molecular complexity index is 645. The van der Waals surface area contributed by atoms with Gasteiger partial charge in [0.25, 0.3) is 5.91 Å². The summed E-state index contributed by atoms with van der Waals surface area (Å²) < 4.78 is 0. The van der Waals surface area contributed by atoms with Crippen molar-refractivity contribution in [3.8, 4) is 11.8 Å². The lowest BCUT2D eigenvalue weighted by Crippen LogP contribution is -2.23. The van der Waals surface area contributed by atoms with Gasteiger partial charge in [-0.2, -0.15) is 0 Å². The highest BCUT2D eigenvalue weighted by atomic mass is 16.2. The van der Waals surface area contributed by atoms with E-state index in [1.807, 2.05) is 24.3 Å². The monoisotopic (exact) mass is 267 g/mol. The van der Waals surface area contributed by atoms with E-state index in [-0.39, 0.29) is 12.5 Å². The molecule has 20 heavy (non-hydrogen) atoms. The number of aromatic nitrogens is 2. The third-order valence-electron chi connectivity index (χ3n) is 2.58. The lowest BCUT2D eigenvalue weighted by Gasteiger charge is -2.06. The van der Waals surface area contributed by atoms with E-state index in [0.29, 0.717) is 12.1 Å². The zero-order chi connectivity index (χ0) is 14.2. The Labute approximate surface area is 116 Å². The predicted molar refractivity (Wildman–Crippen MR) is 73.6 cm³/mol. The molecule has 0 radical (unpaired) electrons. The zero-order valence-electron chi connectivity index (χ0n) is 10.7. The normalized spacial score (nSPS) is 9.45. The van der Waals surface area contributed by atoms with Crippen LogP contribution in [0.1, 0.15) is 21.5 Å². The van der Waals surface area contributed by atoms with E-state index < -0.39 is 0 Å². The summed E-state index contributed by atoms with van der Waals surface area (Å²) in [5, 5.41) is 11.5. The molecule has 1 aromatic heterocycles. The first-order chi connectivity index (χ1) is 9.81.